The number of ether oxygens (including phenoxy) is 1. The lowest BCUT2D eigenvalue weighted by atomic mass is 10.1. The Morgan fingerprint density at radius 3 is 1.80 bits per heavy atom. The van der Waals surface area contributed by atoms with E-state index in [1.54, 1.807) is 48.5 Å². The fraction of sp³-hybridized carbons (Fsp3) is 0.0588. The summed E-state index contributed by atoms with van der Waals surface area (Å²) >= 11 is 0. The molecule has 0 unspecified atom stereocenters. The van der Waals surface area contributed by atoms with E-state index in [0.717, 1.165) is 5.56 Å². The van der Waals surface area contributed by atoms with Crippen molar-refractivity contribution in [3.05, 3.63) is 65.2 Å². The van der Waals surface area contributed by atoms with E-state index in [4.69, 9.17) is 15.3 Å². The minimum Gasteiger partial charge on any atom is -0.481 e. The average molecular weight is 258 g/mol. The first kappa shape index (κ1) is 13.2. The Labute approximate surface area is 117 Å². The van der Waals surface area contributed by atoms with E-state index in [1.807, 2.05) is 6.07 Å². The zero-order valence-corrected chi connectivity index (χ0v) is 10.6. The van der Waals surface area contributed by atoms with E-state index in [2.05, 4.69) is 17.9 Å². The van der Waals surface area contributed by atoms with Gasteiger partial charge in [0.05, 0.1) is 23.3 Å². The Balaban J connectivity index is 1.91. The smallest absolute Gasteiger partial charge is 0.149 e. The molecule has 2 aromatic rings. The zero-order valence-electron chi connectivity index (χ0n) is 10.6. The maximum atomic E-state index is 8.68. The third-order valence-corrected chi connectivity index (χ3v) is 2.54. The Kier molecular flexibility index (Phi) is 4.39. The largest absolute Gasteiger partial charge is 0.481 e. The van der Waals surface area contributed by atoms with Crippen LogP contribution in [0.1, 0.15) is 16.7 Å². The first-order valence-electron chi connectivity index (χ1n) is 5.94. The van der Waals surface area contributed by atoms with Crippen LogP contribution >= 0.6 is 0 Å². The lowest BCUT2D eigenvalue weighted by Crippen LogP contribution is -1.93. The fourth-order valence-electron chi connectivity index (χ4n) is 1.51. The van der Waals surface area contributed by atoms with Gasteiger partial charge < -0.3 is 4.74 Å². The standard InChI is InChI=1S/C17H10N2O/c18-12-15-5-3-14(4-6-15)2-1-11-20-17-9-7-16(13-19)8-10-17/h3-10H,11H2. The minimum absolute atomic E-state index is 0.270. The molecule has 0 fully saturated rings. The Bertz CT molecular complexity index is 720. The molecule has 0 radical (unpaired) electrons. The highest BCUT2D eigenvalue weighted by Gasteiger charge is 1.93. The highest BCUT2D eigenvalue weighted by Crippen LogP contribution is 2.11. The molecule has 94 valence electrons. The average Bonchev–Trinajstić information content (AvgIpc) is 2.53. The van der Waals surface area contributed by atoms with Crippen LogP contribution in [0.2, 0.25) is 0 Å². The number of nitriles is 2. The van der Waals surface area contributed by atoms with Crippen LogP contribution in [0.4, 0.5) is 0 Å². The molecule has 0 atom stereocenters. The monoisotopic (exact) mass is 258 g/mol. The molecule has 2 aromatic carbocycles. The highest BCUT2D eigenvalue weighted by atomic mass is 16.5. The van der Waals surface area contributed by atoms with Gasteiger partial charge in [0.2, 0.25) is 0 Å². The molecule has 0 N–H and O–H groups in total. The van der Waals surface area contributed by atoms with Crippen LogP contribution in [0.3, 0.4) is 0 Å². The highest BCUT2D eigenvalue weighted by molar-refractivity contribution is 5.40. The van der Waals surface area contributed by atoms with Gasteiger partial charge in [-0.15, -0.1) is 0 Å². The van der Waals surface area contributed by atoms with Gasteiger partial charge in [-0.2, -0.15) is 10.5 Å². The van der Waals surface area contributed by atoms with Crippen LogP contribution in [0, 0.1) is 34.5 Å². The second kappa shape index (κ2) is 6.64. The summed E-state index contributed by atoms with van der Waals surface area (Å²) in [6.07, 6.45) is 0. The topological polar surface area (TPSA) is 56.8 Å². The molecule has 0 spiro atoms. The van der Waals surface area contributed by atoms with Gasteiger partial charge in [0.1, 0.15) is 12.4 Å². The Morgan fingerprint density at radius 2 is 1.25 bits per heavy atom. The van der Waals surface area contributed by atoms with Gasteiger partial charge in [-0.3, -0.25) is 0 Å². The van der Waals surface area contributed by atoms with Crippen LogP contribution in [-0.2, 0) is 0 Å². The third kappa shape index (κ3) is 3.64. The van der Waals surface area contributed by atoms with Crippen molar-refractivity contribution in [3.8, 4) is 29.7 Å². The van der Waals surface area contributed by atoms with E-state index in [-0.39, 0.29) is 6.61 Å². The van der Waals surface area contributed by atoms with Crippen molar-refractivity contribution in [2.24, 2.45) is 0 Å². The van der Waals surface area contributed by atoms with Crippen molar-refractivity contribution in [3.63, 3.8) is 0 Å². The van der Waals surface area contributed by atoms with Gasteiger partial charge in [-0.1, -0.05) is 11.8 Å². The molecule has 0 amide bonds. The van der Waals surface area contributed by atoms with Crippen molar-refractivity contribution in [2.45, 2.75) is 0 Å². The van der Waals surface area contributed by atoms with Crippen LogP contribution in [0.15, 0.2) is 48.5 Å². The van der Waals surface area contributed by atoms with Gasteiger partial charge in [-0.05, 0) is 48.5 Å². The molecule has 0 aromatic heterocycles. The van der Waals surface area contributed by atoms with Crippen molar-refractivity contribution >= 4 is 0 Å². The lowest BCUT2D eigenvalue weighted by Gasteiger charge is -2.00. The van der Waals surface area contributed by atoms with Gasteiger partial charge >= 0.3 is 0 Å². The second-order valence-corrected chi connectivity index (χ2v) is 3.92. The van der Waals surface area contributed by atoms with Crippen molar-refractivity contribution in [1.82, 2.24) is 0 Å². The molecule has 20 heavy (non-hydrogen) atoms. The van der Waals surface area contributed by atoms with E-state index in [0.29, 0.717) is 16.9 Å². The predicted molar refractivity (Wildman–Crippen MR) is 74.7 cm³/mol. The van der Waals surface area contributed by atoms with Crippen LogP contribution in [0.5, 0.6) is 5.75 Å². The molecule has 0 saturated carbocycles. The number of nitrogens with zero attached hydrogens (tertiary/aromatic N) is 2. The van der Waals surface area contributed by atoms with E-state index in [9.17, 15) is 0 Å². The summed E-state index contributed by atoms with van der Waals surface area (Å²) in [4.78, 5) is 0. The minimum atomic E-state index is 0.270. The van der Waals surface area contributed by atoms with Crippen molar-refractivity contribution in [2.75, 3.05) is 6.61 Å². The summed E-state index contributed by atoms with van der Waals surface area (Å²) in [6, 6.07) is 18.0. The van der Waals surface area contributed by atoms with E-state index >= 15 is 0 Å². The lowest BCUT2D eigenvalue weighted by molar-refractivity contribution is 0.370. The van der Waals surface area contributed by atoms with Gasteiger partial charge in [0.15, 0.2) is 0 Å². The molecule has 0 heterocycles. The van der Waals surface area contributed by atoms with E-state index < -0.39 is 0 Å². The first-order valence-corrected chi connectivity index (χ1v) is 5.94. The summed E-state index contributed by atoms with van der Waals surface area (Å²) in [7, 11) is 0. The van der Waals surface area contributed by atoms with Crippen LogP contribution in [0.25, 0.3) is 0 Å². The molecule has 0 aliphatic carbocycles. The van der Waals surface area contributed by atoms with Gasteiger partial charge in [-0.25, -0.2) is 0 Å². The van der Waals surface area contributed by atoms with Crippen molar-refractivity contribution < 1.29 is 4.74 Å². The predicted octanol–water partition coefficient (Wildman–Crippen LogP) is 2.86. The Hall–Kier alpha value is -3.22. The van der Waals surface area contributed by atoms with Crippen molar-refractivity contribution in [1.29, 1.82) is 10.5 Å². The molecule has 0 aliphatic heterocycles. The molecule has 0 bridgehead atoms. The van der Waals surface area contributed by atoms with E-state index in [1.165, 1.54) is 0 Å². The first-order chi connectivity index (χ1) is 9.81. The normalized spacial score (nSPS) is 8.70. The maximum Gasteiger partial charge on any atom is 0.149 e. The zero-order chi connectivity index (χ0) is 14.2. The number of hydrogen-bond donors (Lipinski definition) is 0. The number of rotatable bonds is 2. The Morgan fingerprint density at radius 1 is 0.750 bits per heavy atom. The third-order valence-electron chi connectivity index (χ3n) is 2.54. The van der Waals surface area contributed by atoms with Crippen LogP contribution in [-0.4, -0.2) is 6.61 Å². The molecular weight excluding hydrogens is 248 g/mol. The summed E-state index contributed by atoms with van der Waals surface area (Å²) in [5.41, 5.74) is 2.05. The van der Waals surface area contributed by atoms with Gasteiger partial charge in [0, 0.05) is 5.56 Å². The molecule has 2 rings (SSSR count). The summed E-state index contributed by atoms with van der Waals surface area (Å²) < 4.78 is 5.44. The maximum absolute atomic E-state index is 8.68. The summed E-state index contributed by atoms with van der Waals surface area (Å²) in [5, 5.41) is 17.4. The fourth-order valence-corrected chi connectivity index (χ4v) is 1.51. The second-order valence-electron chi connectivity index (χ2n) is 3.92. The number of benzene rings is 2. The van der Waals surface area contributed by atoms with Gasteiger partial charge in [0.25, 0.3) is 0 Å². The summed E-state index contributed by atoms with van der Waals surface area (Å²) in [6.45, 7) is 0.270. The van der Waals surface area contributed by atoms with Crippen LogP contribution < -0.4 is 4.74 Å². The SMILES string of the molecule is N#Cc1ccc(C#CCOc2ccc(C#N)cc2)cc1. The molecular formula is C17H10N2O. The molecule has 0 saturated heterocycles. The number of hydrogen-bond acceptors (Lipinski definition) is 3. The quantitative estimate of drug-likeness (QED) is 0.778. The molecule has 3 nitrogen and oxygen atoms in total. The molecule has 3 heteroatoms. The summed E-state index contributed by atoms with van der Waals surface area (Å²) in [5.74, 6) is 6.53. The molecule has 0 aliphatic rings.